The van der Waals surface area contributed by atoms with E-state index in [0.29, 0.717) is 13.0 Å². The van der Waals surface area contributed by atoms with Crippen LogP contribution >= 0.6 is 0 Å². The zero-order valence-corrected chi connectivity index (χ0v) is 11.0. The molecule has 0 fully saturated rings. The average Bonchev–Trinajstić information content (AvgIpc) is 2.71. The van der Waals surface area contributed by atoms with E-state index in [4.69, 9.17) is 4.42 Å². The van der Waals surface area contributed by atoms with E-state index < -0.39 is 0 Å². The smallest absolute Gasteiger partial charge is 0.220 e. The van der Waals surface area contributed by atoms with Crippen molar-refractivity contribution in [1.29, 1.82) is 0 Å². The Balaban J connectivity index is 1.95. The molecule has 1 aromatic carbocycles. The third-order valence-corrected chi connectivity index (χ3v) is 2.58. The quantitative estimate of drug-likeness (QED) is 0.906. The number of nitrogens with zero attached hydrogens (tertiary/aromatic N) is 1. The lowest BCUT2D eigenvalue weighted by Gasteiger charge is -2.17. The molecule has 1 aromatic heterocycles. The molecule has 1 amide bonds. The fourth-order valence-electron chi connectivity index (χ4n) is 1.75. The van der Waals surface area contributed by atoms with Gasteiger partial charge in [-0.25, -0.2) is 4.98 Å². The van der Waals surface area contributed by atoms with E-state index in [-0.39, 0.29) is 11.3 Å². The molecule has 0 saturated carbocycles. The van der Waals surface area contributed by atoms with Crippen molar-refractivity contribution in [3.63, 3.8) is 0 Å². The third-order valence-electron chi connectivity index (χ3n) is 2.58. The highest BCUT2D eigenvalue weighted by molar-refractivity contribution is 5.77. The first kappa shape index (κ1) is 12.6. The summed E-state index contributed by atoms with van der Waals surface area (Å²) in [5.74, 6) is 0.0696. The monoisotopic (exact) mass is 246 g/mol. The maximum atomic E-state index is 11.7. The lowest BCUT2D eigenvalue weighted by molar-refractivity contribution is -0.122. The zero-order valence-electron chi connectivity index (χ0n) is 11.0. The molecule has 2 aromatic rings. The van der Waals surface area contributed by atoms with Gasteiger partial charge >= 0.3 is 0 Å². The van der Waals surface area contributed by atoms with Gasteiger partial charge in [0.05, 0.1) is 0 Å². The molecule has 2 rings (SSSR count). The summed E-state index contributed by atoms with van der Waals surface area (Å²) in [5.41, 5.74) is 2.61. The van der Waals surface area contributed by atoms with Gasteiger partial charge in [0.2, 0.25) is 5.91 Å². The summed E-state index contributed by atoms with van der Waals surface area (Å²) < 4.78 is 5.22. The first-order chi connectivity index (χ1) is 8.44. The summed E-state index contributed by atoms with van der Waals surface area (Å²) in [6.45, 7) is 6.67. The number of oxazole rings is 1. The van der Waals surface area contributed by atoms with Crippen LogP contribution in [-0.4, -0.2) is 10.9 Å². The molecule has 96 valence electrons. The molecule has 4 nitrogen and oxygen atoms in total. The molecule has 4 heteroatoms. The second kappa shape index (κ2) is 4.80. The van der Waals surface area contributed by atoms with Gasteiger partial charge < -0.3 is 9.73 Å². The lowest BCUT2D eigenvalue weighted by atomic mass is 9.92. The SMILES string of the molecule is CC(C)(C)CC(=O)NCc1ccc2ncoc2c1. The van der Waals surface area contributed by atoms with Crippen LogP contribution in [0.15, 0.2) is 29.0 Å². The van der Waals surface area contributed by atoms with E-state index in [1.165, 1.54) is 6.39 Å². The molecular weight excluding hydrogens is 228 g/mol. The topological polar surface area (TPSA) is 55.1 Å². The van der Waals surface area contributed by atoms with Gasteiger partial charge in [0, 0.05) is 13.0 Å². The number of fused-ring (bicyclic) bond motifs is 1. The Morgan fingerprint density at radius 3 is 2.89 bits per heavy atom. The van der Waals surface area contributed by atoms with E-state index in [0.717, 1.165) is 16.7 Å². The van der Waals surface area contributed by atoms with Crippen LogP contribution in [0.5, 0.6) is 0 Å². The number of hydrogen-bond donors (Lipinski definition) is 1. The minimum atomic E-state index is 0.0129. The Bertz CT molecular complexity index is 552. The predicted octanol–water partition coefficient (Wildman–Crippen LogP) is 2.88. The molecule has 18 heavy (non-hydrogen) atoms. The Morgan fingerprint density at radius 1 is 1.39 bits per heavy atom. The maximum Gasteiger partial charge on any atom is 0.220 e. The van der Waals surface area contributed by atoms with E-state index in [2.05, 4.69) is 10.3 Å². The fraction of sp³-hybridized carbons (Fsp3) is 0.429. The van der Waals surface area contributed by atoms with Crippen molar-refractivity contribution in [1.82, 2.24) is 10.3 Å². The van der Waals surface area contributed by atoms with Crippen LogP contribution in [-0.2, 0) is 11.3 Å². The molecule has 0 spiro atoms. The summed E-state index contributed by atoms with van der Waals surface area (Å²) in [7, 11) is 0. The number of carbonyl (C=O) groups excluding carboxylic acids is 1. The van der Waals surface area contributed by atoms with Crippen LogP contribution in [0.3, 0.4) is 0 Å². The molecule has 0 aliphatic heterocycles. The van der Waals surface area contributed by atoms with E-state index in [1.54, 1.807) is 0 Å². The lowest BCUT2D eigenvalue weighted by Crippen LogP contribution is -2.27. The Morgan fingerprint density at radius 2 is 2.17 bits per heavy atom. The van der Waals surface area contributed by atoms with Crippen LogP contribution in [0.1, 0.15) is 32.8 Å². The van der Waals surface area contributed by atoms with Crippen molar-refractivity contribution in [2.75, 3.05) is 0 Å². The third kappa shape index (κ3) is 3.32. The van der Waals surface area contributed by atoms with Gasteiger partial charge in [-0.15, -0.1) is 0 Å². The number of amides is 1. The van der Waals surface area contributed by atoms with Gasteiger partial charge in [-0.05, 0) is 23.1 Å². The molecule has 0 saturated heterocycles. The van der Waals surface area contributed by atoms with Crippen molar-refractivity contribution in [3.05, 3.63) is 30.2 Å². The summed E-state index contributed by atoms with van der Waals surface area (Å²) in [5, 5.41) is 2.91. The summed E-state index contributed by atoms with van der Waals surface area (Å²) in [4.78, 5) is 15.7. The van der Waals surface area contributed by atoms with Gasteiger partial charge in [0.15, 0.2) is 12.0 Å². The minimum Gasteiger partial charge on any atom is -0.443 e. The Hall–Kier alpha value is -1.84. The van der Waals surface area contributed by atoms with E-state index >= 15 is 0 Å². The molecule has 0 bridgehead atoms. The first-order valence-corrected chi connectivity index (χ1v) is 6.03. The van der Waals surface area contributed by atoms with E-state index in [1.807, 2.05) is 39.0 Å². The highest BCUT2D eigenvalue weighted by Gasteiger charge is 2.15. The van der Waals surface area contributed by atoms with Crippen LogP contribution in [0.4, 0.5) is 0 Å². The van der Waals surface area contributed by atoms with Gasteiger partial charge in [0.25, 0.3) is 0 Å². The van der Waals surface area contributed by atoms with Gasteiger partial charge in [-0.3, -0.25) is 4.79 Å². The van der Waals surface area contributed by atoms with Gasteiger partial charge in [0.1, 0.15) is 5.52 Å². The summed E-state index contributed by atoms with van der Waals surface area (Å²) in [6, 6.07) is 5.74. The van der Waals surface area contributed by atoms with Gasteiger partial charge in [-0.1, -0.05) is 26.8 Å². The summed E-state index contributed by atoms with van der Waals surface area (Å²) in [6.07, 6.45) is 1.95. The molecular formula is C14H18N2O2. The highest BCUT2D eigenvalue weighted by atomic mass is 16.3. The van der Waals surface area contributed by atoms with Crippen molar-refractivity contribution in [2.45, 2.75) is 33.7 Å². The van der Waals surface area contributed by atoms with Crippen LogP contribution in [0.2, 0.25) is 0 Å². The second-order valence-corrected chi connectivity index (χ2v) is 5.67. The highest BCUT2D eigenvalue weighted by Crippen LogP contribution is 2.18. The normalized spacial score (nSPS) is 11.7. The largest absolute Gasteiger partial charge is 0.443 e. The number of aromatic nitrogens is 1. The molecule has 0 atom stereocenters. The van der Waals surface area contributed by atoms with Crippen LogP contribution in [0.25, 0.3) is 11.1 Å². The zero-order chi connectivity index (χ0) is 13.2. The summed E-state index contributed by atoms with van der Waals surface area (Å²) >= 11 is 0. The minimum absolute atomic E-state index is 0.0129. The molecule has 0 aliphatic rings. The number of rotatable bonds is 3. The van der Waals surface area contributed by atoms with Crippen LogP contribution < -0.4 is 5.32 Å². The second-order valence-electron chi connectivity index (χ2n) is 5.67. The standard InChI is InChI=1S/C14H18N2O2/c1-14(2,3)7-13(17)15-8-10-4-5-11-12(6-10)18-9-16-11/h4-6,9H,7-8H2,1-3H3,(H,15,17). The number of hydrogen-bond acceptors (Lipinski definition) is 3. The molecule has 0 unspecified atom stereocenters. The molecule has 1 heterocycles. The average molecular weight is 246 g/mol. The predicted molar refractivity (Wildman–Crippen MR) is 69.9 cm³/mol. The molecule has 0 aliphatic carbocycles. The van der Waals surface area contributed by atoms with Gasteiger partial charge in [-0.2, -0.15) is 0 Å². The maximum absolute atomic E-state index is 11.7. The van der Waals surface area contributed by atoms with E-state index in [9.17, 15) is 4.79 Å². The Kier molecular flexibility index (Phi) is 3.36. The Labute approximate surface area is 106 Å². The molecule has 0 radical (unpaired) electrons. The number of carbonyl (C=O) groups is 1. The van der Waals surface area contributed by atoms with Crippen molar-refractivity contribution in [3.8, 4) is 0 Å². The fourth-order valence-corrected chi connectivity index (χ4v) is 1.75. The number of nitrogens with one attached hydrogen (secondary N) is 1. The van der Waals surface area contributed by atoms with Crippen LogP contribution in [0, 0.1) is 5.41 Å². The first-order valence-electron chi connectivity index (χ1n) is 6.03. The van der Waals surface area contributed by atoms with Crippen molar-refractivity contribution in [2.24, 2.45) is 5.41 Å². The molecule has 1 N–H and O–H groups in total. The van der Waals surface area contributed by atoms with Crippen molar-refractivity contribution < 1.29 is 9.21 Å². The number of benzene rings is 1. The van der Waals surface area contributed by atoms with Crippen molar-refractivity contribution >= 4 is 17.0 Å².